The fourth-order valence-electron chi connectivity index (χ4n) is 1.82. The third kappa shape index (κ3) is 4.94. The summed E-state index contributed by atoms with van der Waals surface area (Å²) >= 11 is 0. The lowest BCUT2D eigenvalue weighted by atomic mass is 10.1. The molecular weight excluding hydrogens is 252 g/mol. The summed E-state index contributed by atoms with van der Waals surface area (Å²) in [5, 5.41) is 5.93. The Bertz CT molecular complexity index is 480. The zero-order valence-corrected chi connectivity index (χ0v) is 12.3. The number of carbonyl (C=O) groups excluding carboxylic acids is 1. The van der Waals surface area contributed by atoms with Crippen LogP contribution in [0, 0.1) is 12.3 Å². The highest BCUT2D eigenvalue weighted by Gasteiger charge is 2.14. The Morgan fingerprint density at radius 2 is 2.20 bits per heavy atom. The summed E-state index contributed by atoms with van der Waals surface area (Å²) in [6, 6.07) is 7.98. The molecule has 108 valence electrons. The lowest BCUT2D eigenvalue weighted by Gasteiger charge is -2.17. The van der Waals surface area contributed by atoms with Crippen molar-refractivity contribution in [3.8, 4) is 18.1 Å². The van der Waals surface area contributed by atoms with Gasteiger partial charge in [0.05, 0.1) is 6.54 Å². The van der Waals surface area contributed by atoms with E-state index in [1.807, 2.05) is 24.3 Å². The number of ether oxygens (including phenoxy) is 1. The van der Waals surface area contributed by atoms with Gasteiger partial charge in [-0.25, -0.2) is 0 Å². The minimum Gasteiger partial charge on any atom is -0.481 e. The van der Waals surface area contributed by atoms with Crippen LogP contribution in [0.1, 0.15) is 32.4 Å². The molecule has 4 nitrogen and oxygen atoms in total. The van der Waals surface area contributed by atoms with Crippen LogP contribution in [0.2, 0.25) is 0 Å². The second-order valence-electron chi connectivity index (χ2n) is 4.53. The van der Waals surface area contributed by atoms with E-state index in [-0.39, 0.29) is 18.5 Å². The Kier molecular flexibility index (Phi) is 6.61. The third-order valence-electron chi connectivity index (χ3n) is 2.92. The number of carbonyl (C=O) groups is 1. The molecule has 0 aliphatic heterocycles. The zero-order chi connectivity index (χ0) is 15.0. The Hall–Kier alpha value is -1.99. The fourth-order valence-corrected chi connectivity index (χ4v) is 1.82. The summed E-state index contributed by atoms with van der Waals surface area (Å²) in [5.74, 6) is 2.82. The molecule has 0 saturated carbocycles. The lowest BCUT2D eigenvalue weighted by Crippen LogP contribution is -2.36. The van der Waals surface area contributed by atoms with E-state index in [1.54, 1.807) is 6.92 Å². The van der Waals surface area contributed by atoms with Gasteiger partial charge in [0, 0.05) is 6.04 Å². The minimum atomic E-state index is -0.576. The van der Waals surface area contributed by atoms with Crippen LogP contribution in [0.3, 0.4) is 0 Å². The first-order valence-electron chi connectivity index (χ1n) is 6.79. The average molecular weight is 274 g/mol. The predicted octanol–water partition coefficient (Wildman–Crippen LogP) is 1.87. The molecular formula is C16H22N2O2. The van der Waals surface area contributed by atoms with Crippen molar-refractivity contribution in [2.45, 2.75) is 32.9 Å². The molecule has 0 fully saturated rings. The first-order valence-corrected chi connectivity index (χ1v) is 6.79. The highest BCUT2D eigenvalue weighted by atomic mass is 16.5. The molecule has 1 rings (SSSR count). The predicted molar refractivity (Wildman–Crippen MR) is 80.5 cm³/mol. The van der Waals surface area contributed by atoms with Gasteiger partial charge in [-0.1, -0.05) is 25.0 Å². The van der Waals surface area contributed by atoms with Gasteiger partial charge in [-0.05, 0) is 38.1 Å². The van der Waals surface area contributed by atoms with Crippen LogP contribution in [-0.2, 0) is 4.79 Å². The van der Waals surface area contributed by atoms with Crippen LogP contribution in [0.25, 0.3) is 0 Å². The van der Waals surface area contributed by atoms with E-state index in [2.05, 4.69) is 30.4 Å². The second-order valence-corrected chi connectivity index (χ2v) is 4.53. The van der Waals surface area contributed by atoms with Gasteiger partial charge in [-0.3, -0.25) is 4.79 Å². The van der Waals surface area contributed by atoms with Crippen LogP contribution in [0.4, 0.5) is 0 Å². The zero-order valence-electron chi connectivity index (χ0n) is 12.3. The molecule has 1 amide bonds. The van der Waals surface area contributed by atoms with Crippen LogP contribution in [0.15, 0.2) is 24.3 Å². The Balaban J connectivity index is 2.66. The van der Waals surface area contributed by atoms with Crippen LogP contribution < -0.4 is 15.4 Å². The number of hydrogen-bond acceptors (Lipinski definition) is 3. The smallest absolute Gasteiger partial charge is 0.261 e. The molecule has 2 N–H and O–H groups in total. The van der Waals surface area contributed by atoms with Crippen molar-refractivity contribution in [3.63, 3.8) is 0 Å². The van der Waals surface area contributed by atoms with E-state index in [1.165, 1.54) is 0 Å². The third-order valence-corrected chi connectivity index (χ3v) is 2.92. The summed E-state index contributed by atoms with van der Waals surface area (Å²) in [7, 11) is 0. The fraction of sp³-hybridized carbons (Fsp3) is 0.438. The van der Waals surface area contributed by atoms with Gasteiger partial charge in [0.25, 0.3) is 5.91 Å². The maximum absolute atomic E-state index is 11.7. The first-order chi connectivity index (χ1) is 9.58. The quantitative estimate of drug-likeness (QED) is 0.746. The average Bonchev–Trinajstić information content (AvgIpc) is 2.45. The molecule has 1 aromatic carbocycles. The molecule has 2 atom stereocenters. The summed E-state index contributed by atoms with van der Waals surface area (Å²) in [5.41, 5.74) is 1.13. The highest BCUT2D eigenvalue weighted by molar-refractivity contribution is 5.80. The summed E-state index contributed by atoms with van der Waals surface area (Å²) in [4.78, 5) is 11.7. The molecule has 1 aromatic rings. The molecule has 0 saturated heterocycles. The van der Waals surface area contributed by atoms with Crippen molar-refractivity contribution in [2.24, 2.45) is 0 Å². The van der Waals surface area contributed by atoms with Gasteiger partial charge in [0.15, 0.2) is 6.10 Å². The van der Waals surface area contributed by atoms with Gasteiger partial charge in [0.1, 0.15) is 5.75 Å². The van der Waals surface area contributed by atoms with Crippen molar-refractivity contribution >= 4 is 5.91 Å². The van der Waals surface area contributed by atoms with Crippen molar-refractivity contribution in [1.29, 1.82) is 0 Å². The second kappa shape index (κ2) is 8.23. The summed E-state index contributed by atoms with van der Waals surface area (Å²) in [6.07, 6.45) is 4.52. The molecule has 0 aliphatic rings. The van der Waals surface area contributed by atoms with E-state index in [0.29, 0.717) is 5.75 Å². The van der Waals surface area contributed by atoms with Crippen molar-refractivity contribution in [3.05, 3.63) is 29.8 Å². The van der Waals surface area contributed by atoms with Crippen LogP contribution >= 0.6 is 0 Å². The Labute approximate surface area is 120 Å². The monoisotopic (exact) mass is 274 g/mol. The maximum atomic E-state index is 11.7. The molecule has 0 spiro atoms. The van der Waals surface area contributed by atoms with E-state index in [0.717, 1.165) is 12.1 Å². The van der Waals surface area contributed by atoms with Crippen molar-refractivity contribution in [2.75, 3.05) is 13.1 Å². The van der Waals surface area contributed by atoms with Gasteiger partial charge >= 0.3 is 0 Å². The SMILES string of the molecule is C#CCNC(=O)C(C)Oc1cccc(C(C)NCC)c1. The van der Waals surface area contributed by atoms with Gasteiger partial charge in [0.2, 0.25) is 0 Å². The Morgan fingerprint density at radius 1 is 1.45 bits per heavy atom. The number of terminal acetylenes is 1. The standard InChI is InChI=1S/C16H22N2O2/c1-5-10-18-16(19)13(4)20-15-9-7-8-14(11-15)12(3)17-6-2/h1,7-9,11-13,17H,6,10H2,2-4H3,(H,18,19). The van der Waals surface area contributed by atoms with E-state index in [4.69, 9.17) is 11.2 Å². The molecule has 0 aromatic heterocycles. The van der Waals surface area contributed by atoms with E-state index >= 15 is 0 Å². The largest absolute Gasteiger partial charge is 0.481 e. The normalized spacial score (nSPS) is 13.1. The Morgan fingerprint density at radius 3 is 2.85 bits per heavy atom. The first kappa shape index (κ1) is 16.1. The van der Waals surface area contributed by atoms with Gasteiger partial charge in [-0.2, -0.15) is 0 Å². The molecule has 0 aliphatic carbocycles. The number of rotatable bonds is 7. The number of benzene rings is 1. The summed E-state index contributed by atoms with van der Waals surface area (Å²) in [6.45, 7) is 6.97. The van der Waals surface area contributed by atoms with Gasteiger partial charge in [-0.15, -0.1) is 6.42 Å². The molecule has 0 heterocycles. The minimum absolute atomic E-state index is 0.212. The molecule has 20 heavy (non-hydrogen) atoms. The highest BCUT2D eigenvalue weighted by Crippen LogP contribution is 2.20. The molecule has 0 bridgehead atoms. The number of nitrogens with one attached hydrogen (secondary N) is 2. The maximum Gasteiger partial charge on any atom is 0.261 e. The molecule has 0 radical (unpaired) electrons. The summed E-state index contributed by atoms with van der Waals surface area (Å²) < 4.78 is 5.63. The van der Waals surface area contributed by atoms with Gasteiger partial charge < -0.3 is 15.4 Å². The lowest BCUT2D eigenvalue weighted by molar-refractivity contribution is -0.126. The molecule has 4 heteroatoms. The van der Waals surface area contributed by atoms with Crippen molar-refractivity contribution < 1.29 is 9.53 Å². The topological polar surface area (TPSA) is 50.4 Å². The van der Waals surface area contributed by atoms with E-state index < -0.39 is 6.10 Å². The van der Waals surface area contributed by atoms with Crippen LogP contribution in [0.5, 0.6) is 5.75 Å². The van der Waals surface area contributed by atoms with Crippen LogP contribution in [-0.4, -0.2) is 25.1 Å². The molecule has 2 unspecified atom stereocenters. The van der Waals surface area contributed by atoms with Crippen molar-refractivity contribution in [1.82, 2.24) is 10.6 Å². The number of amides is 1. The number of hydrogen-bond donors (Lipinski definition) is 2. The van der Waals surface area contributed by atoms with E-state index in [9.17, 15) is 4.79 Å².